The summed E-state index contributed by atoms with van der Waals surface area (Å²) in [4.78, 5) is 25.0. The minimum Gasteiger partial charge on any atom is -0.328 e. The van der Waals surface area contributed by atoms with Crippen molar-refractivity contribution in [3.05, 3.63) is 35.4 Å². The van der Waals surface area contributed by atoms with Crippen LogP contribution in [0.25, 0.3) is 0 Å². The molecule has 1 aliphatic heterocycles. The molecule has 1 fully saturated rings. The second-order valence-electron chi connectivity index (χ2n) is 5.58. The predicted octanol–water partition coefficient (Wildman–Crippen LogP) is 2.29. The zero-order valence-corrected chi connectivity index (χ0v) is 12.8. The number of likely N-dealkylation sites (tertiary alicyclic amines) is 1. The Morgan fingerprint density at radius 1 is 1.29 bits per heavy atom. The van der Waals surface area contributed by atoms with Crippen molar-refractivity contribution in [2.75, 3.05) is 6.54 Å². The van der Waals surface area contributed by atoms with Crippen molar-refractivity contribution in [2.24, 2.45) is 0 Å². The van der Waals surface area contributed by atoms with Crippen molar-refractivity contribution in [1.29, 1.82) is 0 Å². The summed E-state index contributed by atoms with van der Waals surface area (Å²) in [7, 11) is 0. The molecule has 1 amide bonds. The Morgan fingerprint density at radius 2 is 2.00 bits per heavy atom. The number of aromatic amines is 1. The van der Waals surface area contributed by atoms with Gasteiger partial charge in [0.05, 0.1) is 11.6 Å². The lowest BCUT2D eigenvalue weighted by Crippen LogP contribution is -2.39. The van der Waals surface area contributed by atoms with Crippen LogP contribution in [0.5, 0.6) is 0 Å². The van der Waals surface area contributed by atoms with Gasteiger partial charge in [0.15, 0.2) is 5.82 Å². The van der Waals surface area contributed by atoms with Gasteiger partial charge in [-0.15, -0.1) is 0 Å². The second-order valence-corrected chi connectivity index (χ2v) is 5.58. The Balaban J connectivity index is 1.84. The molecule has 1 unspecified atom stereocenters. The Hall–Kier alpha value is -2.52. The lowest BCUT2D eigenvalue weighted by atomic mass is 10.0. The number of aromatic nitrogens is 5. The van der Waals surface area contributed by atoms with E-state index in [1.54, 1.807) is 11.8 Å². The number of alkyl halides is 3. The molecule has 2 aromatic heterocycles. The number of carbonyl (C=O) groups excluding carboxylic acids is 1. The number of nitrogens with one attached hydrogen (secondary N) is 1. The van der Waals surface area contributed by atoms with Gasteiger partial charge in [0, 0.05) is 18.9 Å². The van der Waals surface area contributed by atoms with Crippen molar-refractivity contribution < 1.29 is 18.0 Å². The molecular formula is C14H15F3N6O. The van der Waals surface area contributed by atoms with Crippen LogP contribution in [-0.4, -0.2) is 42.5 Å². The molecule has 1 atom stereocenters. The third kappa shape index (κ3) is 3.22. The van der Waals surface area contributed by atoms with Crippen LogP contribution < -0.4 is 0 Å². The van der Waals surface area contributed by atoms with Crippen LogP contribution in [0.4, 0.5) is 13.2 Å². The van der Waals surface area contributed by atoms with Crippen LogP contribution in [0, 0.1) is 6.92 Å². The van der Waals surface area contributed by atoms with E-state index >= 15 is 0 Å². The molecule has 24 heavy (non-hydrogen) atoms. The quantitative estimate of drug-likeness (QED) is 0.906. The van der Waals surface area contributed by atoms with Crippen molar-refractivity contribution >= 4 is 5.91 Å². The Labute approximate surface area is 135 Å². The average molecular weight is 340 g/mol. The molecule has 0 saturated carbocycles. The Bertz CT molecular complexity index is 727. The Morgan fingerprint density at radius 3 is 2.58 bits per heavy atom. The summed E-state index contributed by atoms with van der Waals surface area (Å²) in [6.45, 7) is 2.24. The summed E-state index contributed by atoms with van der Waals surface area (Å²) < 4.78 is 37.6. The van der Waals surface area contributed by atoms with Gasteiger partial charge >= 0.3 is 6.18 Å². The van der Waals surface area contributed by atoms with E-state index in [-0.39, 0.29) is 11.6 Å². The van der Waals surface area contributed by atoms with Gasteiger partial charge in [-0.2, -0.15) is 18.3 Å². The van der Waals surface area contributed by atoms with Crippen LogP contribution in [0.3, 0.4) is 0 Å². The van der Waals surface area contributed by atoms with Crippen LogP contribution in [-0.2, 0) is 6.18 Å². The number of H-pyrrole nitrogens is 1. The van der Waals surface area contributed by atoms with Crippen LogP contribution in [0.1, 0.15) is 53.1 Å². The highest BCUT2D eigenvalue weighted by Gasteiger charge is 2.35. The van der Waals surface area contributed by atoms with Gasteiger partial charge in [-0.25, -0.2) is 15.0 Å². The zero-order valence-electron chi connectivity index (χ0n) is 12.8. The first-order valence-electron chi connectivity index (χ1n) is 7.45. The van der Waals surface area contributed by atoms with Crippen molar-refractivity contribution in [2.45, 2.75) is 38.4 Å². The average Bonchev–Trinajstić information content (AvgIpc) is 3.00. The van der Waals surface area contributed by atoms with Gasteiger partial charge in [0.25, 0.3) is 5.91 Å². The smallest absolute Gasteiger partial charge is 0.328 e. The van der Waals surface area contributed by atoms with E-state index in [9.17, 15) is 18.0 Å². The van der Waals surface area contributed by atoms with Gasteiger partial charge in [-0.05, 0) is 26.2 Å². The number of rotatable bonds is 2. The summed E-state index contributed by atoms with van der Waals surface area (Å²) in [6.07, 6.45) is -0.380. The van der Waals surface area contributed by atoms with E-state index < -0.39 is 17.9 Å². The number of nitrogens with zero attached hydrogens (tertiary/aromatic N) is 5. The Kier molecular flexibility index (Phi) is 4.20. The first-order valence-corrected chi connectivity index (χ1v) is 7.45. The highest BCUT2D eigenvalue weighted by molar-refractivity contribution is 5.93. The maximum atomic E-state index is 12.7. The van der Waals surface area contributed by atoms with Crippen LogP contribution in [0.15, 0.2) is 12.4 Å². The molecule has 10 heteroatoms. The summed E-state index contributed by atoms with van der Waals surface area (Å²) in [5.41, 5.74) is 0.0159. The molecule has 3 rings (SSSR count). The molecular weight excluding hydrogens is 325 g/mol. The standard InChI is InChI=1S/C14H15F3N6O/c1-8-20-11(22-21-8)10-4-2-3-5-23(10)12(24)9-6-18-13(19-7-9)14(15,16)17/h6-7,10H,2-5H2,1H3,(H,20,21,22). The number of carbonyl (C=O) groups is 1. The predicted molar refractivity (Wildman–Crippen MR) is 75.8 cm³/mol. The van der Waals surface area contributed by atoms with Gasteiger partial charge in [-0.1, -0.05) is 0 Å². The van der Waals surface area contributed by atoms with E-state index in [1.165, 1.54) is 0 Å². The molecule has 2 aromatic rings. The van der Waals surface area contributed by atoms with Crippen LogP contribution in [0.2, 0.25) is 0 Å². The lowest BCUT2D eigenvalue weighted by Gasteiger charge is -2.34. The van der Waals surface area contributed by atoms with Crippen molar-refractivity contribution in [3.63, 3.8) is 0 Å². The van der Waals surface area contributed by atoms with Gasteiger partial charge in [-0.3, -0.25) is 9.89 Å². The molecule has 0 bridgehead atoms. The summed E-state index contributed by atoms with van der Waals surface area (Å²) in [6, 6.07) is -0.307. The van der Waals surface area contributed by atoms with Crippen molar-refractivity contribution in [1.82, 2.24) is 30.0 Å². The minimum absolute atomic E-state index is 0.0159. The number of hydrogen-bond acceptors (Lipinski definition) is 5. The molecule has 1 aliphatic rings. The topological polar surface area (TPSA) is 87.7 Å². The van der Waals surface area contributed by atoms with E-state index in [0.29, 0.717) is 24.6 Å². The number of hydrogen-bond donors (Lipinski definition) is 1. The van der Waals surface area contributed by atoms with E-state index in [1.807, 2.05) is 0 Å². The highest BCUT2D eigenvalue weighted by atomic mass is 19.4. The van der Waals surface area contributed by atoms with Gasteiger partial charge in [0.1, 0.15) is 5.82 Å². The molecule has 0 spiro atoms. The second kappa shape index (κ2) is 6.17. The summed E-state index contributed by atoms with van der Waals surface area (Å²) in [5.74, 6) is -0.538. The van der Waals surface area contributed by atoms with E-state index in [4.69, 9.17) is 0 Å². The summed E-state index contributed by atoms with van der Waals surface area (Å²) in [5, 5.41) is 6.84. The molecule has 1 N–H and O–H groups in total. The highest BCUT2D eigenvalue weighted by Crippen LogP contribution is 2.30. The fourth-order valence-corrected chi connectivity index (χ4v) is 2.70. The molecule has 0 aromatic carbocycles. The third-order valence-electron chi connectivity index (χ3n) is 3.83. The molecule has 0 radical (unpaired) electrons. The minimum atomic E-state index is -4.63. The van der Waals surface area contributed by atoms with Gasteiger partial charge < -0.3 is 4.90 Å². The maximum absolute atomic E-state index is 12.7. The largest absolute Gasteiger partial charge is 0.451 e. The normalized spacial score (nSPS) is 18.7. The maximum Gasteiger partial charge on any atom is 0.451 e. The number of aryl methyl sites for hydroxylation is 1. The number of halogens is 3. The monoisotopic (exact) mass is 340 g/mol. The van der Waals surface area contributed by atoms with E-state index in [0.717, 1.165) is 25.2 Å². The molecule has 0 aliphatic carbocycles. The fourth-order valence-electron chi connectivity index (χ4n) is 2.70. The number of piperidine rings is 1. The van der Waals surface area contributed by atoms with Crippen molar-refractivity contribution in [3.8, 4) is 0 Å². The zero-order chi connectivity index (χ0) is 17.3. The fraction of sp³-hybridized carbons (Fsp3) is 0.500. The lowest BCUT2D eigenvalue weighted by molar-refractivity contribution is -0.145. The summed E-state index contributed by atoms with van der Waals surface area (Å²) >= 11 is 0. The molecule has 128 valence electrons. The first-order chi connectivity index (χ1) is 11.4. The number of amides is 1. The van der Waals surface area contributed by atoms with Crippen LogP contribution >= 0.6 is 0 Å². The first kappa shape index (κ1) is 16.3. The van der Waals surface area contributed by atoms with E-state index in [2.05, 4.69) is 25.1 Å². The molecule has 3 heterocycles. The molecule has 1 saturated heterocycles. The SMILES string of the molecule is Cc1nc(C2CCCCN2C(=O)c2cnc(C(F)(F)F)nc2)n[nH]1. The third-order valence-corrected chi connectivity index (χ3v) is 3.83. The molecule has 7 nitrogen and oxygen atoms in total. The van der Waals surface area contributed by atoms with Gasteiger partial charge in [0.2, 0.25) is 5.82 Å².